The molecule has 4 heteroatoms. The molecule has 1 aliphatic rings. The zero-order chi connectivity index (χ0) is 11.7. The summed E-state index contributed by atoms with van der Waals surface area (Å²) in [4.78, 5) is 4.30. The molecule has 1 heterocycles. The molecule has 0 aliphatic carbocycles. The number of aryl methyl sites for hydroxylation is 2. The lowest BCUT2D eigenvalue weighted by Crippen LogP contribution is -2.12. The molecule has 0 radical (unpaired) electrons. The Hall–Kier alpha value is -1.29. The predicted octanol–water partition coefficient (Wildman–Crippen LogP) is 2.92. The van der Waals surface area contributed by atoms with Crippen molar-refractivity contribution in [3.63, 3.8) is 0 Å². The molecule has 1 aromatic rings. The van der Waals surface area contributed by atoms with Gasteiger partial charge in [-0.3, -0.25) is 4.99 Å². The number of aliphatic imine (C=N–C) groups is 1. The number of phenols is 1. The SMILES string of the molecule is Cc1cc(O)c(C2N=CNC=C2Br)cc1C. The summed E-state index contributed by atoms with van der Waals surface area (Å²) in [6.07, 6.45) is 3.45. The minimum absolute atomic E-state index is 0.152. The molecule has 0 amide bonds. The van der Waals surface area contributed by atoms with E-state index in [9.17, 15) is 5.11 Å². The van der Waals surface area contributed by atoms with Crippen molar-refractivity contribution in [1.82, 2.24) is 5.32 Å². The van der Waals surface area contributed by atoms with E-state index in [4.69, 9.17) is 0 Å². The number of halogens is 1. The fourth-order valence-electron chi connectivity index (χ4n) is 1.66. The molecular formula is C12H13BrN2O. The maximum atomic E-state index is 9.94. The first-order valence-corrected chi connectivity index (χ1v) is 5.82. The minimum atomic E-state index is -0.152. The Kier molecular flexibility index (Phi) is 3.01. The van der Waals surface area contributed by atoms with E-state index in [0.29, 0.717) is 0 Å². The van der Waals surface area contributed by atoms with Crippen molar-refractivity contribution in [1.29, 1.82) is 0 Å². The number of benzene rings is 1. The molecule has 16 heavy (non-hydrogen) atoms. The standard InChI is InChI=1S/C12H13BrN2O/c1-7-3-9(11(16)4-8(7)2)12-10(13)5-14-6-15-12/h3-6,12,16H,1-2H3,(H,14,15). The van der Waals surface area contributed by atoms with Gasteiger partial charge >= 0.3 is 0 Å². The third-order valence-corrected chi connectivity index (χ3v) is 3.38. The molecule has 0 saturated heterocycles. The van der Waals surface area contributed by atoms with Crippen molar-refractivity contribution < 1.29 is 5.11 Å². The van der Waals surface area contributed by atoms with E-state index in [1.54, 1.807) is 12.4 Å². The predicted molar refractivity (Wildman–Crippen MR) is 69.0 cm³/mol. The zero-order valence-electron chi connectivity index (χ0n) is 9.16. The van der Waals surface area contributed by atoms with Crippen LogP contribution in [-0.2, 0) is 0 Å². The lowest BCUT2D eigenvalue weighted by atomic mass is 9.99. The lowest BCUT2D eigenvalue weighted by Gasteiger charge is -2.18. The molecule has 84 valence electrons. The normalized spacial score (nSPS) is 19.2. The van der Waals surface area contributed by atoms with Crippen LogP contribution in [0.5, 0.6) is 5.75 Å². The molecule has 0 aromatic heterocycles. The van der Waals surface area contributed by atoms with Crippen LogP contribution in [0, 0.1) is 13.8 Å². The number of nitrogens with one attached hydrogen (secondary N) is 1. The van der Waals surface area contributed by atoms with Gasteiger partial charge in [0.1, 0.15) is 11.8 Å². The van der Waals surface area contributed by atoms with Crippen LogP contribution in [-0.4, -0.2) is 11.4 Å². The van der Waals surface area contributed by atoms with E-state index >= 15 is 0 Å². The van der Waals surface area contributed by atoms with Crippen molar-refractivity contribution in [2.24, 2.45) is 4.99 Å². The van der Waals surface area contributed by atoms with Crippen molar-refractivity contribution in [3.05, 3.63) is 39.5 Å². The number of hydrogen-bond donors (Lipinski definition) is 2. The molecular weight excluding hydrogens is 268 g/mol. The molecule has 1 aliphatic heterocycles. The van der Waals surface area contributed by atoms with Gasteiger partial charge in [-0.05, 0) is 37.1 Å². The number of rotatable bonds is 1. The maximum Gasteiger partial charge on any atom is 0.121 e. The summed E-state index contributed by atoms with van der Waals surface area (Å²) >= 11 is 3.44. The molecule has 0 spiro atoms. The van der Waals surface area contributed by atoms with Gasteiger partial charge in [0, 0.05) is 16.2 Å². The molecule has 0 bridgehead atoms. The molecule has 2 rings (SSSR count). The van der Waals surface area contributed by atoms with Crippen LogP contribution in [0.1, 0.15) is 22.7 Å². The highest BCUT2D eigenvalue weighted by Crippen LogP contribution is 2.37. The maximum absolute atomic E-state index is 9.94. The fourth-order valence-corrected chi connectivity index (χ4v) is 2.15. The second kappa shape index (κ2) is 4.29. The average molecular weight is 281 g/mol. The van der Waals surface area contributed by atoms with Crippen LogP contribution in [0.15, 0.2) is 27.8 Å². The topological polar surface area (TPSA) is 44.6 Å². The molecule has 0 fully saturated rings. The Labute approximate surface area is 103 Å². The first kappa shape index (κ1) is 11.2. The van der Waals surface area contributed by atoms with E-state index in [-0.39, 0.29) is 11.8 Å². The van der Waals surface area contributed by atoms with Crippen LogP contribution >= 0.6 is 15.9 Å². The van der Waals surface area contributed by atoms with Gasteiger partial charge in [-0.15, -0.1) is 0 Å². The first-order chi connectivity index (χ1) is 7.59. The van der Waals surface area contributed by atoms with Crippen LogP contribution in [0.4, 0.5) is 0 Å². The summed E-state index contributed by atoms with van der Waals surface area (Å²) in [5.41, 5.74) is 3.06. The summed E-state index contributed by atoms with van der Waals surface area (Å²) in [6, 6.07) is 3.61. The van der Waals surface area contributed by atoms with E-state index in [1.807, 2.05) is 26.1 Å². The van der Waals surface area contributed by atoms with Crippen molar-refractivity contribution >= 4 is 22.3 Å². The van der Waals surface area contributed by atoms with Gasteiger partial charge in [-0.2, -0.15) is 0 Å². The first-order valence-electron chi connectivity index (χ1n) is 5.03. The molecule has 3 nitrogen and oxygen atoms in total. The smallest absolute Gasteiger partial charge is 0.121 e. The van der Waals surface area contributed by atoms with Crippen molar-refractivity contribution in [2.45, 2.75) is 19.9 Å². The Morgan fingerprint density at radius 1 is 1.31 bits per heavy atom. The monoisotopic (exact) mass is 280 g/mol. The Balaban J connectivity index is 2.47. The molecule has 1 atom stereocenters. The quantitative estimate of drug-likeness (QED) is 0.831. The van der Waals surface area contributed by atoms with E-state index in [2.05, 4.69) is 26.2 Å². The van der Waals surface area contributed by atoms with Crippen LogP contribution in [0.25, 0.3) is 0 Å². The molecule has 2 N–H and O–H groups in total. The Morgan fingerprint density at radius 3 is 2.69 bits per heavy atom. The average Bonchev–Trinajstić information content (AvgIpc) is 2.25. The number of hydrogen-bond acceptors (Lipinski definition) is 3. The van der Waals surface area contributed by atoms with E-state index < -0.39 is 0 Å². The summed E-state index contributed by atoms with van der Waals surface area (Å²) in [5.74, 6) is 0.289. The van der Waals surface area contributed by atoms with Crippen LogP contribution in [0.3, 0.4) is 0 Å². The summed E-state index contributed by atoms with van der Waals surface area (Å²) in [5, 5.41) is 12.8. The third kappa shape index (κ3) is 1.97. The summed E-state index contributed by atoms with van der Waals surface area (Å²) in [6.45, 7) is 4.01. The highest BCUT2D eigenvalue weighted by Gasteiger charge is 2.19. The van der Waals surface area contributed by atoms with Gasteiger partial charge in [0.2, 0.25) is 0 Å². The number of aromatic hydroxyl groups is 1. The lowest BCUT2D eigenvalue weighted by molar-refractivity contribution is 0.465. The van der Waals surface area contributed by atoms with Gasteiger partial charge in [-0.1, -0.05) is 15.9 Å². The second-order valence-electron chi connectivity index (χ2n) is 3.87. The molecule has 1 unspecified atom stereocenters. The van der Waals surface area contributed by atoms with Gasteiger partial charge in [0.05, 0.1) is 6.34 Å². The highest BCUT2D eigenvalue weighted by atomic mass is 79.9. The van der Waals surface area contributed by atoms with E-state index in [0.717, 1.165) is 21.2 Å². The largest absolute Gasteiger partial charge is 0.508 e. The van der Waals surface area contributed by atoms with E-state index in [1.165, 1.54) is 0 Å². The van der Waals surface area contributed by atoms with Crippen LogP contribution < -0.4 is 5.32 Å². The molecule has 1 aromatic carbocycles. The summed E-state index contributed by atoms with van der Waals surface area (Å²) in [7, 11) is 0. The van der Waals surface area contributed by atoms with Gasteiger partial charge in [-0.25, -0.2) is 0 Å². The van der Waals surface area contributed by atoms with Crippen molar-refractivity contribution in [2.75, 3.05) is 0 Å². The number of phenolic OH excluding ortho intramolecular Hbond substituents is 1. The van der Waals surface area contributed by atoms with Gasteiger partial charge in [0.25, 0.3) is 0 Å². The third-order valence-electron chi connectivity index (χ3n) is 2.72. The Bertz CT molecular complexity index is 480. The van der Waals surface area contributed by atoms with Crippen molar-refractivity contribution in [3.8, 4) is 5.75 Å². The van der Waals surface area contributed by atoms with Gasteiger partial charge in [0.15, 0.2) is 0 Å². The van der Waals surface area contributed by atoms with Crippen LogP contribution in [0.2, 0.25) is 0 Å². The second-order valence-corrected chi connectivity index (χ2v) is 4.79. The fraction of sp³-hybridized carbons (Fsp3) is 0.250. The Morgan fingerprint density at radius 2 is 2.00 bits per heavy atom. The zero-order valence-corrected chi connectivity index (χ0v) is 10.7. The number of nitrogens with zero attached hydrogens (tertiary/aromatic N) is 1. The summed E-state index contributed by atoms with van der Waals surface area (Å²) < 4.78 is 0.911. The molecule has 0 saturated carbocycles. The minimum Gasteiger partial charge on any atom is -0.508 e. The van der Waals surface area contributed by atoms with Gasteiger partial charge < -0.3 is 10.4 Å². The highest BCUT2D eigenvalue weighted by molar-refractivity contribution is 9.11.